The summed E-state index contributed by atoms with van der Waals surface area (Å²) in [5.41, 5.74) is 1.13. The molecule has 6 heteroatoms. The van der Waals surface area contributed by atoms with Gasteiger partial charge in [-0.15, -0.1) is 0 Å². The summed E-state index contributed by atoms with van der Waals surface area (Å²) in [5.74, 6) is 0. The Kier molecular flexibility index (Phi) is 4.63. The zero-order chi connectivity index (χ0) is 12.8. The highest BCUT2D eigenvalue weighted by atomic mass is 16.7. The van der Waals surface area contributed by atoms with E-state index in [0.29, 0.717) is 19.8 Å². The standard InChI is InChI=1S/C12H16N2O4/c15-14(16)11-3-1-10(2-4-11)5-7-17-12-9-13-6-8-18-12/h1-4,12-13H,5-9H2. The van der Waals surface area contributed by atoms with Gasteiger partial charge < -0.3 is 14.8 Å². The zero-order valence-corrected chi connectivity index (χ0v) is 10.0. The number of benzene rings is 1. The average Bonchev–Trinajstić information content (AvgIpc) is 2.40. The van der Waals surface area contributed by atoms with E-state index >= 15 is 0 Å². The van der Waals surface area contributed by atoms with Crippen molar-refractivity contribution < 1.29 is 14.4 Å². The fourth-order valence-corrected chi connectivity index (χ4v) is 1.74. The van der Waals surface area contributed by atoms with E-state index in [2.05, 4.69) is 5.32 Å². The molecule has 0 aromatic heterocycles. The lowest BCUT2D eigenvalue weighted by atomic mass is 10.1. The summed E-state index contributed by atoms with van der Waals surface area (Å²) in [7, 11) is 0. The van der Waals surface area contributed by atoms with Crippen LogP contribution in [0.4, 0.5) is 5.69 Å². The van der Waals surface area contributed by atoms with Gasteiger partial charge in [-0.25, -0.2) is 0 Å². The molecule has 1 fully saturated rings. The Balaban J connectivity index is 1.74. The molecule has 1 saturated heterocycles. The normalized spacial score (nSPS) is 19.7. The van der Waals surface area contributed by atoms with E-state index in [-0.39, 0.29) is 12.0 Å². The first-order valence-electron chi connectivity index (χ1n) is 5.93. The first-order valence-corrected chi connectivity index (χ1v) is 5.93. The van der Waals surface area contributed by atoms with Crippen LogP contribution in [-0.4, -0.2) is 37.5 Å². The summed E-state index contributed by atoms with van der Waals surface area (Å²) in [6.07, 6.45) is 0.537. The number of morpholine rings is 1. The van der Waals surface area contributed by atoms with E-state index in [4.69, 9.17) is 9.47 Å². The van der Waals surface area contributed by atoms with Gasteiger partial charge in [0.05, 0.1) is 18.1 Å². The third-order valence-electron chi connectivity index (χ3n) is 2.74. The molecule has 1 N–H and O–H groups in total. The van der Waals surface area contributed by atoms with E-state index in [1.165, 1.54) is 12.1 Å². The van der Waals surface area contributed by atoms with E-state index in [1.54, 1.807) is 12.1 Å². The second-order valence-electron chi connectivity index (χ2n) is 4.05. The maximum Gasteiger partial charge on any atom is 0.269 e. The molecule has 0 amide bonds. The Morgan fingerprint density at radius 2 is 2.22 bits per heavy atom. The van der Waals surface area contributed by atoms with Crippen molar-refractivity contribution in [2.24, 2.45) is 0 Å². The molecule has 1 heterocycles. The second kappa shape index (κ2) is 6.44. The molecular weight excluding hydrogens is 236 g/mol. The van der Waals surface area contributed by atoms with E-state index in [9.17, 15) is 10.1 Å². The summed E-state index contributed by atoms with van der Waals surface area (Å²) in [6.45, 7) is 2.79. The van der Waals surface area contributed by atoms with Gasteiger partial charge in [0.15, 0.2) is 6.29 Å². The molecule has 1 aliphatic rings. The van der Waals surface area contributed by atoms with Gasteiger partial charge in [0, 0.05) is 25.2 Å². The predicted octanol–water partition coefficient (Wildman–Crippen LogP) is 1.10. The fraction of sp³-hybridized carbons (Fsp3) is 0.500. The van der Waals surface area contributed by atoms with Crippen LogP contribution in [0.25, 0.3) is 0 Å². The lowest BCUT2D eigenvalue weighted by Gasteiger charge is -2.23. The summed E-state index contributed by atoms with van der Waals surface area (Å²) >= 11 is 0. The minimum Gasteiger partial charge on any atom is -0.351 e. The molecule has 98 valence electrons. The SMILES string of the molecule is O=[N+]([O-])c1ccc(CCOC2CNCCO2)cc1. The maximum absolute atomic E-state index is 10.5. The van der Waals surface area contributed by atoms with Crippen molar-refractivity contribution in [3.63, 3.8) is 0 Å². The largest absolute Gasteiger partial charge is 0.351 e. The van der Waals surface area contributed by atoms with Crippen LogP contribution in [0.5, 0.6) is 0 Å². The van der Waals surface area contributed by atoms with Gasteiger partial charge in [-0.05, 0) is 12.0 Å². The molecular formula is C12H16N2O4. The molecule has 1 aromatic rings. The van der Waals surface area contributed by atoms with Gasteiger partial charge in [-0.3, -0.25) is 10.1 Å². The van der Waals surface area contributed by atoms with Crippen LogP contribution in [0.1, 0.15) is 5.56 Å². The number of non-ortho nitro benzene ring substituents is 1. The summed E-state index contributed by atoms with van der Waals surface area (Å²) in [4.78, 5) is 10.1. The lowest BCUT2D eigenvalue weighted by Crippen LogP contribution is -2.40. The number of nitrogens with one attached hydrogen (secondary N) is 1. The maximum atomic E-state index is 10.5. The highest BCUT2D eigenvalue weighted by Gasteiger charge is 2.13. The number of ether oxygens (including phenoxy) is 2. The van der Waals surface area contributed by atoms with Crippen LogP contribution in [0, 0.1) is 10.1 Å². The van der Waals surface area contributed by atoms with E-state index in [1.807, 2.05) is 0 Å². The van der Waals surface area contributed by atoms with Crippen LogP contribution >= 0.6 is 0 Å². The Labute approximate surface area is 105 Å². The second-order valence-corrected chi connectivity index (χ2v) is 4.05. The topological polar surface area (TPSA) is 73.6 Å². The molecule has 2 rings (SSSR count). The monoisotopic (exact) mass is 252 g/mol. The quantitative estimate of drug-likeness (QED) is 0.627. The van der Waals surface area contributed by atoms with Crippen molar-refractivity contribution in [2.45, 2.75) is 12.7 Å². The molecule has 6 nitrogen and oxygen atoms in total. The molecule has 0 bridgehead atoms. The lowest BCUT2D eigenvalue weighted by molar-refractivity contribution is -0.384. The third-order valence-corrected chi connectivity index (χ3v) is 2.74. The Morgan fingerprint density at radius 1 is 1.44 bits per heavy atom. The first kappa shape index (κ1) is 12.9. The number of rotatable bonds is 5. The molecule has 18 heavy (non-hydrogen) atoms. The van der Waals surface area contributed by atoms with Gasteiger partial charge in [0.25, 0.3) is 5.69 Å². The van der Waals surface area contributed by atoms with Crippen molar-refractivity contribution in [3.8, 4) is 0 Å². The number of nitrogens with zero attached hydrogens (tertiary/aromatic N) is 1. The van der Waals surface area contributed by atoms with Crippen LogP contribution in [-0.2, 0) is 15.9 Å². The van der Waals surface area contributed by atoms with Gasteiger partial charge in [-0.1, -0.05) is 12.1 Å². The Morgan fingerprint density at radius 3 is 2.83 bits per heavy atom. The number of nitro benzene ring substituents is 1. The summed E-state index contributed by atoms with van der Waals surface area (Å²) in [6, 6.07) is 6.52. The molecule has 0 radical (unpaired) electrons. The van der Waals surface area contributed by atoms with Crippen LogP contribution in [0.2, 0.25) is 0 Å². The molecule has 0 saturated carbocycles. The van der Waals surface area contributed by atoms with Crippen LogP contribution in [0.15, 0.2) is 24.3 Å². The minimum absolute atomic E-state index is 0.111. The first-order chi connectivity index (χ1) is 8.75. The van der Waals surface area contributed by atoms with Gasteiger partial charge in [0.1, 0.15) is 0 Å². The van der Waals surface area contributed by atoms with Gasteiger partial charge in [-0.2, -0.15) is 0 Å². The molecule has 1 aromatic carbocycles. The van der Waals surface area contributed by atoms with Gasteiger partial charge >= 0.3 is 0 Å². The summed E-state index contributed by atoms with van der Waals surface area (Å²) < 4.78 is 10.9. The van der Waals surface area contributed by atoms with E-state index < -0.39 is 4.92 Å². The smallest absolute Gasteiger partial charge is 0.269 e. The number of hydrogen-bond acceptors (Lipinski definition) is 5. The molecule has 0 aliphatic carbocycles. The van der Waals surface area contributed by atoms with Gasteiger partial charge in [0.2, 0.25) is 0 Å². The summed E-state index contributed by atoms with van der Waals surface area (Å²) in [5, 5.41) is 13.7. The van der Waals surface area contributed by atoms with Crippen molar-refractivity contribution in [1.82, 2.24) is 5.32 Å². The predicted molar refractivity (Wildman–Crippen MR) is 65.4 cm³/mol. The van der Waals surface area contributed by atoms with Crippen molar-refractivity contribution in [1.29, 1.82) is 0 Å². The van der Waals surface area contributed by atoms with Crippen LogP contribution in [0.3, 0.4) is 0 Å². The fourth-order valence-electron chi connectivity index (χ4n) is 1.74. The molecule has 1 unspecified atom stereocenters. The molecule has 1 aliphatic heterocycles. The highest BCUT2D eigenvalue weighted by Crippen LogP contribution is 2.12. The zero-order valence-electron chi connectivity index (χ0n) is 10.0. The van der Waals surface area contributed by atoms with Crippen LogP contribution < -0.4 is 5.32 Å². The number of nitro groups is 1. The molecule has 1 atom stereocenters. The highest BCUT2D eigenvalue weighted by molar-refractivity contribution is 5.32. The minimum atomic E-state index is -0.401. The Hall–Kier alpha value is -1.50. The Bertz CT molecular complexity index is 388. The third kappa shape index (κ3) is 3.76. The molecule has 0 spiro atoms. The van der Waals surface area contributed by atoms with Crippen molar-refractivity contribution in [3.05, 3.63) is 39.9 Å². The average molecular weight is 252 g/mol. The van der Waals surface area contributed by atoms with E-state index in [0.717, 1.165) is 18.5 Å². The van der Waals surface area contributed by atoms with Crippen molar-refractivity contribution >= 4 is 5.69 Å². The number of hydrogen-bond donors (Lipinski definition) is 1. The van der Waals surface area contributed by atoms with Crippen molar-refractivity contribution in [2.75, 3.05) is 26.3 Å².